The molecule has 1 aliphatic rings. The number of halogens is 1. The molecule has 0 aliphatic carbocycles. The van der Waals surface area contributed by atoms with Crippen LogP contribution in [0, 0.1) is 5.41 Å². The molecular weight excluding hydrogens is 344 g/mol. The fourth-order valence-corrected chi connectivity index (χ4v) is 2.93. The number of methoxy groups -OCH3 is 2. The van der Waals surface area contributed by atoms with E-state index in [1.165, 1.54) is 14.2 Å². The highest BCUT2D eigenvalue weighted by atomic mass is 35.5. The lowest BCUT2D eigenvalue weighted by Gasteiger charge is -2.38. The van der Waals surface area contributed by atoms with Crippen LogP contribution in [0.2, 0.25) is 0 Å². The Morgan fingerprint density at radius 3 is 1.96 bits per heavy atom. The lowest BCUT2D eigenvalue weighted by Crippen LogP contribution is -2.53. The van der Waals surface area contributed by atoms with Crippen LogP contribution >= 0.6 is 11.6 Å². The average molecular weight is 369 g/mol. The van der Waals surface area contributed by atoms with Crippen LogP contribution in [0.3, 0.4) is 0 Å². The first-order chi connectivity index (χ1) is 11.9. The number of alkyl halides is 1. The summed E-state index contributed by atoms with van der Waals surface area (Å²) in [5.41, 5.74) is -0.187. The van der Waals surface area contributed by atoms with Crippen LogP contribution in [-0.2, 0) is 4.79 Å². The molecule has 0 spiro atoms. The van der Waals surface area contributed by atoms with Crippen LogP contribution in [0.1, 0.15) is 24.2 Å². The fraction of sp³-hybridized carbons (Fsp3) is 0.556. The largest absolute Gasteiger partial charge is 0.496 e. The Balaban J connectivity index is 2.11. The predicted molar refractivity (Wildman–Crippen MR) is 96.5 cm³/mol. The summed E-state index contributed by atoms with van der Waals surface area (Å²) in [5.74, 6) is 1.09. The van der Waals surface area contributed by atoms with Crippen LogP contribution in [-0.4, -0.2) is 67.9 Å². The van der Waals surface area contributed by atoms with Gasteiger partial charge in [0.25, 0.3) is 5.91 Å². The first-order valence-corrected chi connectivity index (χ1v) is 8.74. The zero-order valence-corrected chi connectivity index (χ0v) is 15.9. The molecule has 1 aromatic carbocycles. The molecule has 0 saturated carbocycles. The second-order valence-corrected chi connectivity index (χ2v) is 6.91. The summed E-state index contributed by atoms with van der Waals surface area (Å²) in [7, 11) is 3.05. The molecule has 0 radical (unpaired) electrons. The number of piperazine rings is 1. The molecule has 25 heavy (non-hydrogen) atoms. The number of benzene rings is 1. The van der Waals surface area contributed by atoms with Crippen LogP contribution in [0.25, 0.3) is 0 Å². The van der Waals surface area contributed by atoms with Crippen molar-refractivity contribution in [3.63, 3.8) is 0 Å². The smallest absolute Gasteiger partial charge is 0.261 e. The van der Waals surface area contributed by atoms with E-state index in [1.807, 2.05) is 13.8 Å². The van der Waals surface area contributed by atoms with Gasteiger partial charge in [-0.25, -0.2) is 0 Å². The zero-order chi connectivity index (χ0) is 18.6. The van der Waals surface area contributed by atoms with E-state index in [1.54, 1.807) is 28.0 Å². The molecule has 0 N–H and O–H groups in total. The van der Waals surface area contributed by atoms with E-state index in [0.29, 0.717) is 43.2 Å². The van der Waals surface area contributed by atoms with Gasteiger partial charge in [0.15, 0.2) is 0 Å². The number of hydrogen-bond acceptors (Lipinski definition) is 4. The van der Waals surface area contributed by atoms with Crippen LogP contribution in [0.4, 0.5) is 0 Å². The molecular formula is C18H25ClN2O4. The van der Waals surface area contributed by atoms with Crippen LogP contribution in [0.5, 0.6) is 11.5 Å². The minimum absolute atomic E-state index is 0.0180. The monoisotopic (exact) mass is 368 g/mol. The molecule has 1 saturated heterocycles. The van der Waals surface area contributed by atoms with Crippen molar-refractivity contribution in [2.45, 2.75) is 13.8 Å². The SMILES string of the molecule is COc1cccc(OC)c1C(=O)N1CCN(C(=O)C(C)(C)CCl)CC1. The number of rotatable bonds is 5. The Morgan fingerprint density at radius 1 is 1.04 bits per heavy atom. The molecule has 0 bridgehead atoms. The molecule has 1 aliphatic heterocycles. The molecule has 0 unspecified atom stereocenters. The first-order valence-electron chi connectivity index (χ1n) is 8.21. The summed E-state index contributed by atoms with van der Waals surface area (Å²) in [6, 6.07) is 5.25. The third-order valence-electron chi connectivity index (χ3n) is 4.41. The third-order valence-corrected chi connectivity index (χ3v) is 5.08. The summed E-state index contributed by atoms with van der Waals surface area (Å²) >= 11 is 5.89. The van der Waals surface area contributed by atoms with E-state index >= 15 is 0 Å². The first kappa shape index (κ1) is 19.4. The molecule has 2 rings (SSSR count). The van der Waals surface area contributed by atoms with E-state index in [4.69, 9.17) is 21.1 Å². The second kappa shape index (κ2) is 7.95. The third kappa shape index (κ3) is 4.00. The van der Waals surface area contributed by atoms with Gasteiger partial charge in [-0.2, -0.15) is 0 Å². The quantitative estimate of drug-likeness (QED) is 0.748. The fourth-order valence-electron chi connectivity index (χ4n) is 2.82. The van der Waals surface area contributed by atoms with Gasteiger partial charge in [-0.3, -0.25) is 9.59 Å². The Kier molecular flexibility index (Phi) is 6.16. The van der Waals surface area contributed by atoms with Crippen molar-refractivity contribution in [3.8, 4) is 11.5 Å². The lowest BCUT2D eigenvalue weighted by molar-refractivity contribution is -0.140. The summed E-state index contributed by atoms with van der Waals surface area (Å²) in [4.78, 5) is 28.9. The Morgan fingerprint density at radius 2 is 1.52 bits per heavy atom. The van der Waals surface area contributed by atoms with E-state index < -0.39 is 5.41 Å². The van der Waals surface area contributed by atoms with Gasteiger partial charge in [0, 0.05) is 32.1 Å². The molecule has 6 nitrogen and oxygen atoms in total. The predicted octanol–water partition coefficient (Wildman–Crippen LogP) is 2.25. The Labute approximate surface area is 153 Å². The molecule has 138 valence electrons. The minimum atomic E-state index is -0.598. The standard InChI is InChI=1S/C18H25ClN2O4/c1-18(2,12-19)17(23)21-10-8-20(9-11-21)16(22)15-13(24-3)6-5-7-14(15)25-4/h5-7H,8-12H2,1-4H3. The van der Waals surface area contributed by atoms with Crippen molar-refractivity contribution in [2.75, 3.05) is 46.3 Å². The maximum absolute atomic E-state index is 12.9. The van der Waals surface area contributed by atoms with Gasteiger partial charge in [-0.1, -0.05) is 6.07 Å². The van der Waals surface area contributed by atoms with Crippen molar-refractivity contribution in [1.82, 2.24) is 9.80 Å². The summed E-state index contributed by atoms with van der Waals surface area (Å²) in [6.45, 7) is 5.57. The van der Waals surface area contributed by atoms with Crippen molar-refractivity contribution in [1.29, 1.82) is 0 Å². The van der Waals surface area contributed by atoms with Crippen molar-refractivity contribution in [3.05, 3.63) is 23.8 Å². The van der Waals surface area contributed by atoms with E-state index in [2.05, 4.69) is 0 Å². The van der Waals surface area contributed by atoms with Gasteiger partial charge < -0.3 is 19.3 Å². The molecule has 0 aromatic heterocycles. The minimum Gasteiger partial charge on any atom is -0.496 e. The molecule has 7 heteroatoms. The molecule has 0 atom stereocenters. The normalized spacial score (nSPS) is 15.1. The van der Waals surface area contributed by atoms with Gasteiger partial charge in [0.05, 0.1) is 19.6 Å². The van der Waals surface area contributed by atoms with Crippen molar-refractivity contribution < 1.29 is 19.1 Å². The van der Waals surface area contributed by atoms with E-state index in [9.17, 15) is 9.59 Å². The van der Waals surface area contributed by atoms with Gasteiger partial charge in [0.2, 0.25) is 5.91 Å². The number of carbonyl (C=O) groups excluding carboxylic acids is 2. The summed E-state index contributed by atoms with van der Waals surface area (Å²) in [6.07, 6.45) is 0. The van der Waals surface area contributed by atoms with Gasteiger partial charge in [-0.15, -0.1) is 11.6 Å². The summed E-state index contributed by atoms with van der Waals surface area (Å²) < 4.78 is 10.6. The Hall–Kier alpha value is -1.95. The number of amides is 2. The highest BCUT2D eigenvalue weighted by Gasteiger charge is 2.34. The highest BCUT2D eigenvalue weighted by molar-refractivity contribution is 6.19. The number of nitrogens with zero attached hydrogens (tertiary/aromatic N) is 2. The van der Waals surface area contributed by atoms with E-state index in [0.717, 1.165) is 0 Å². The van der Waals surface area contributed by atoms with Gasteiger partial charge in [-0.05, 0) is 26.0 Å². The van der Waals surface area contributed by atoms with Gasteiger partial charge >= 0.3 is 0 Å². The zero-order valence-electron chi connectivity index (χ0n) is 15.2. The number of carbonyl (C=O) groups is 2. The van der Waals surface area contributed by atoms with Crippen LogP contribution in [0.15, 0.2) is 18.2 Å². The molecule has 1 heterocycles. The molecule has 2 amide bonds. The molecule has 1 fully saturated rings. The number of ether oxygens (including phenoxy) is 2. The highest BCUT2D eigenvalue weighted by Crippen LogP contribution is 2.30. The van der Waals surface area contributed by atoms with Crippen LogP contribution < -0.4 is 9.47 Å². The lowest BCUT2D eigenvalue weighted by atomic mass is 9.94. The molecule has 1 aromatic rings. The summed E-state index contributed by atoms with van der Waals surface area (Å²) in [5, 5.41) is 0. The maximum atomic E-state index is 12.9. The Bertz CT molecular complexity index is 618. The van der Waals surface area contributed by atoms with Gasteiger partial charge in [0.1, 0.15) is 17.1 Å². The van der Waals surface area contributed by atoms with Crippen molar-refractivity contribution >= 4 is 23.4 Å². The maximum Gasteiger partial charge on any atom is 0.261 e. The topological polar surface area (TPSA) is 59.1 Å². The van der Waals surface area contributed by atoms with E-state index in [-0.39, 0.29) is 17.7 Å². The second-order valence-electron chi connectivity index (χ2n) is 6.64. The average Bonchev–Trinajstić information content (AvgIpc) is 2.66. The number of hydrogen-bond donors (Lipinski definition) is 0. The van der Waals surface area contributed by atoms with Crippen molar-refractivity contribution in [2.24, 2.45) is 5.41 Å².